The van der Waals surface area contributed by atoms with E-state index in [-0.39, 0.29) is 58.3 Å². The molecular formula is C68H66Cl3FN14O8. The van der Waals surface area contributed by atoms with Crippen molar-refractivity contribution in [2.75, 3.05) is 66.5 Å². The van der Waals surface area contributed by atoms with Crippen LogP contribution in [-0.2, 0) is 35.9 Å². The third-order valence-corrected chi connectivity index (χ3v) is 14.4. The molecule has 484 valence electrons. The molecule has 0 saturated carbocycles. The summed E-state index contributed by atoms with van der Waals surface area (Å²) in [4.78, 5) is 63.9. The molecule has 10 N–H and O–H groups in total. The lowest BCUT2D eigenvalue weighted by molar-refractivity contribution is 0.0473. The molecule has 3 aromatic heterocycles. The highest BCUT2D eigenvalue weighted by molar-refractivity contribution is 6.33. The first-order valence-electron chi connectivity index (χ1n) is 29.1. The molecule has 22 nitrogen and oxygen atoms in total. The number of benzene rings is 7. The Kier molecular flexibility index (Phi) is 25.8. The number of hydrogen-bond acceptors (Lipinski definition) is 20. The lowest BCUT2D eigenvalue weighted by Crippen LogP contribution is -2.32. The van der Waals surface area contributed by atoms with Crippen molar-refractivity contribution in [1.82, 2.24) is 40.1 Å². The second kappa shape index (κ2) is 35.1. The van der Waals surface area contributed by atoms with E-state index in [0.717, 1.165) is 16.7 Å². The number of ether oxygens (including phenoxy) is 5. The van der Waals surface area contributed by atoms with Gasteiger partial charge in [-0.25, -0.2) is 39.1 Å². The zero-order valence-electron chi connectivity index (χ0n) is 51.2. The third-order valence-electron chi connectivity index (χ3n) is 13.5. The van der Waals surface area contributed by atoms with Crippen LogP contribution in [0.3, 0.4) is 0 Å². The largest absolute Gasteiger partial charge is 0.487 e. The maximum atomic E-state index is 13.4. The average Bonchev–Trinajstić information content (AvgIpc) is 0.878. The van der Waals surface area contributed by atoms with Gasteiger partial charge in [0.25, 0.3) is 11.8 Å². The van der Waals surface area contributed by atoms with E-state index in [1.165, 1.54) is 37.2 Å². The van der Waals surface area contributed by atoms with E-state index >= 15 is 0 Å². The number of hydrogen-bond donors (Lipinski definition) is 7. The van der Waals surface area contributed by atoms with Crippen molar-refractivity contribution in [1.29, 1.82) is 0 Å². The fraction of sp³-hybridized carbons (Fsp3) is 0.162. The van der Waals surface area contributed by atoms with Crippen LogP contribution >= 0.6 is 34.8 Å². The second-order valence-corrected chi connectivity index (χ2v) is 21.2. The van der Waals surface area contributed by atoms with Gasteiger partial charge in [0, 0.05) is 43.8 Å². The van der Waals surface area contributed by atoms with Crippen LogP contribution in [0, 0.1) is 5.82 Å². The number of rotatable bonds is 25. The summed E-state index contributed by atoms with van der Waals surface area (Å²) in [5, 5.41) is 13.1. The lowest BCUT2D eigenvalue weighted by atomic mass is 10.2. The summed E-state index contributed by atoms with van der Waals surface area (Å²) in [5.41, 5.74) is 23.6. The number of nitrogens with zero attached hydrogens (tertiary/aromatic N) is 7. The molecule has 0 aliphatic heterocycles. The molecule has 26 heteroatoms. The van der Waals surface area contributed by atoms with Gasteiger partial charge >= 0.3 is 5.97 Å². The normalized spacial score (nSPS) is 10.5. The maximum absolute atomic E-state index is 13.4. The van der Waals surface area contributed by atoms with Crippen LogP contribution in [0.2, 0.25) is 15.1 Å². The number of halogens is 4. The van der Waals surface area contributed by atoms with Crippen LogP contribution in [0.15, 0.2) is 189 Å². The van der Waals surface area contributed by atoms with Crippen LogP contribution in [-0.4, -0.2) is 85.9 Å². The minimum atomic E-state index is -0.751. The molecule has 0 radical (unpaired) electrons. The minimum absolute atomic E-state index is 0.0422. The van der Waals surface area contributed by atoms with Gasteiger partial charge in [0.05, 0.1) is 21.7 Å². The first-order valence-corrected chi connectivity index (χ1v) is 30.2. The Balaban J connectivity index is 0.000000181. The summed E-state index contributed by atoms with van der Waals surface area (Å²) >= 11 is 19.1. The van der Waals surface area contributed by atoms with E-state index in [1.54, 1.807) is 72.7 Å². The van der Waals surface area contributed by atoms with E-state index < -0.39 is 17.7 Å². The summed E-state index contributed by atoms with van der Waals surface area (Å²) in [5.74, 6) is 0.684. The van der Waals surface area contributed by atoms with Gasteiger partial charge in [0.2, 0.25) is 0 Å². The molecule has 10 aromatic rings. The van der Waals surface area contributed by atoms with Gasteiger partial charge in [0.15, 0.2) is 5.82 Å². The quantitative estimate of drug-likeness (QED) is 0.0207. The summed E-state index contributed by atoms with van der Waals surface area (Å²) in [6.07, 6.45) is 3.82. The van der Waals surface area contributed by atoms with E-state index in [1.807, 2.05) is 105 Å². The van der Waals surface area contributed by atoms with Gasteiger partial charge in [-0.2, -0.15) is 0 Å². The molecule has 10 rings (SSSR count). The fourth-order valence-electron chi connectivity index (χ4n) is 8.69. The van der Waals surface area contributed by atoms with E-state index in [2.05, 4.69) is 51.2 Å². The van der Waals surface area contributed by atoms with Gasteiger partial charge in [-0.15, -0.1) is 0 Å². The molecule has 0 unspecified atom stereocenters. The number of anilines is 9. The maximum Gasteiger partial charge on any atom is 0.346 e. The monoisotopic (exact) mass is 1330 g/mol. The van der Waals surface area contributed by atoms with Crippen molar-refractivity contribution in [2.45, 2.75) is 40.3 Å². The number of carbonyl (C=O) groups is 3. The highest BCUT2D eigenvalue weighted by Crippen LogP contribution is 2.34. The zero-order chi connectivity index (χ0) is 66.8. The van der Waals surface area contributed by atoms with Crippen LogP contribution in [0.4, 0.5) is 56.4 Å². The number of methoxy groups -OCH3 is 1. The molecule has 0 saturated heterocycles. The standard InChI is InChI=1S/C25H20ClFN4O3.C22H24ClN5O2.C21H22ClN5O3/c26-20-12-19(9-10-21(20)33-13-16-5-2-1-3-6-16)31-24-22(23(28)29-15-30-24)25(32)34-14-17-7-4-8-18(27)11-17;1-3-28(4-2)22(29)19-20(24)25-14-26-21(19)27-16-10-11-18(17(23)12-16)30-13-15-8-6-5-7-9-15;1-29-10-9-24-21(28)18-19(23)25-13-26-20(18)27-15-7-8-17(16(22)11-15)30-12-14-5-3-2-4-6-14/h1-12,15H,13-14H2,(H3,28,29,30,31);5-12,14H,3-4,13H2,1-2H3,(H3,24,25,26,27);2-8,11,13H,9-10,12H2,1H3,(H,24,28)(H3,23,25,26,27). The molecular weight excluding hydrogens is 1270 g/mol. The number of aromatic nitrogens is 6. The summed E-state index contributed by atoms with van der Waals surface area (Å²) < 4.78 is 41.0. The van der Waals surface area contributed by atoms with Crippen LogP contribution < -0.4 is 52.7 Å². The molecule has 0 spiro atoms. The third kappa shape index (κ3) is 20.1. The summed E-state index contributed by atoms with van der Waals surface area (Å²) in [7, 11) is 1.55. The number of amides is 2. The molecule has 0 bridgehead atoms. The van der Waals surface area contributed by atoms with Gasteiger partial charge in [0.1, 0.15) is 114 Å². The Morgan fingerprint density at radius 3 is 1.28 bits per heavy atom. The highest BCUT2D eigenvalue weighted by atomic mass is 35.5. The fourth-order valence-corrected chi connectivity index (χ4v) is 9.40. The van der Waals surface area contributed by atoms with Crippen molar-refractivity contribution >= 4 is 105 Å². The van der Waals surface area contributed by atoms with Gasteiger partial charge in [-0.3, -0.25) is 9.59 Å². The first kappa shape index (κ1) is 69.0. The van der Waals surface area contributed by atoms with Gasteiger partial charge in [-0.05, 0) is 103 Å². The smallest absolute Gasteiger partial charge is 0.346 e. The van der Waals surface area contributed by atoms with Crippen molar-refractivity contribution in [2.24, 2.45) is 0 Å². The topological polar surface area (TPSA) is 304 Å². The molecule has 2 amide bonds. The predicted octanol–water partition coefficient (Wildman–Crippen LogP) is 13.5. The van der Waals surface area contributed by atoms with Crippen molar-refractivity contribution < 1.29 is 42.5 Å². The molecule has 0 aliphatic carbocycles. The van der Waals surface area contributed by atoms with Crippen molar-refractivity contribution in [3.8, 4) is 17.2 Å². The summed E-state index contributed by atoms with van der Waals surface area (Å²) in [6.45, 7) is 6.70. The Hall–Kier alpha value is -10.9. The Labute approximate surface area is 556 Å². The van der Waals surface area contributed by atoms with E-state index in [9.17, 15) is 18.8 Å². The van der Waals surface area contributed by atoms with Crippen LogP contribution in [0.5, 0.6) is 17.2 Å². The Bertz CT molecular complexity index is 4150. The lowest BCUT2D eigenvalue weighted by Gasteiger charge is -2.21. The van der Waals surface area contributed by atoms with Crippen LogP contribution in [0.1, 0.15) is 67.2 Å². The number of nitrogens with one attached hydrogen (secondary N) is 4. The average molecular weight is 1330 g/mol. The molecule has 0 atom stereocenters. The van der Waals surface area contributed by atoms with Crippen molar-refractivity contribution in [3.05, 3.63) is 249 Å². The van der Waals surface area contributed by atoms with E-state index in [4.69, 9.17) is 75.7 Å². The number of esters is 1. The summed E-state index contributed by atoms with van der Waals surface area (Å²) in [6, 6.07) is 50.7. The molecule has 0 fully saturated rings. The number of carbonyl (C=O) groups excluding carboxylic acids is 3. The molecule has 7 aromatic carbocycles. The molecule has 0 aliphatic rings. The first-order chi connectivity index (χ1) is 45.6. The Morgan fingerprint density at radius 2 is 0.872 bits per heavy atom. The predicted molar refractivity (Wildman–Crippen MR) is 363 cm³/mol. The van der Waals surface area contributed by atoms with Gasteiger partial charge in [-0.1, -0.05) is 138 Å². The molecule has 94 heavy (non-hydrogen) atoms. The van der Waals surface area contributed by atoms with Crippen LogP contribution in [0.25, 0.3) is 0 Å². The van der Waals surface area contributed by atoms with Gasteiger partial charge < -0.3 is 67.1 Å². The zero-order valence-corrected chi connectivity index (χ0v) is 53.5. The SMILES string of the molecule is CCN(CC)C(=O)c1c(N)ncnc1Nc1ccc(OCc2ccccc2)c(Cl)c1.COCCNC(=O)c1c(N)ncnc1Nc1ccc(OCc2ccccc2)c(Cl)c1.Nc1ncnc(Nc2ccc(OCc3ccccc3)c(Cl)c2)c1C(=O)OCc1cccc(F)c1. The second-order valence-electron chi connectivity index (χ2n) is 20.0. The minimum Gasteiger partial charge on any atom is -0.487 e. The van der Waals surface area contributed by atoms with E-state index in [0.29, 0.717) is 107 Å². The van der Waals surface area contributed by atoms with Crippen molar-refractivity contribution in [3.63, 3.8) is 0 Å². The number of nitrogen functional groups attached to an aromatic ring is 3. The number of nitrogens with two attached hydrogens (primary N) is 3. The Morgan fingerprint density at radius 1 is 0.479 bits per heavy atom. The highest BCUT2D eigenvalue weighted by Gasteiger charge is 2.24. The molecule has 3 heterocycles.